The Hall–Kier alpha value is -3.63. The number of sulfonamides is 1. The number of ether oxygens (including phenoxy) is 4. The van der Waals surface area contributed by atoms with Crippen LogP contribution in [-0.2, 0) is 23.1 Å². The number of carbonyl (C=O) groups is 1. The van der Waals surface area contributed by atoms with Crippen LogP contribution in [0.15, 0.2) is 54.6 Å². The first-order chi connectivity index (χ1) is 17.6. The molecule has 0 radical (unpaired) electrons. The number of anilines is 1. The van der Waals surface area contributed by atoms with Gasteiger partial charge in [-0.1, -0.05) is 29.8 Å². The van der Waals surface area contributed by atoms with Gasteiger partial charge in [-0.25, -0.2) is 8.42 Å². The molecule has 0 heterocycles. The molecule has 0 aliphatic heterocycles. The number of hydrogen-bond acceptors (Lipinski definition) is 7. The lowest BCUT2D eigenvalue weighted by Gasteiger charge is -2.26. The molecule has 0 unspecified atom stereocenters. The summed E-state index contributed by atoms with van der Waals surface area (Å²) in [7, 11) is 2.11. The number of halogens is 1. The van der Waals surface area contributed by atoms with Crippen LogP contribution in [0.4, 0.5) is 5.69 Å². The van der Waals surface area contributed by atoms with Gasteiger partial charge in [0, 0.05) is 17.6 Å². The van der Waals surface area contributed by atoms with Crippen molar-refractivity contribution in [3.05, 3.63) is 76.3 Å². The normalized spacial score (nSPS) is 11.0. The zero-order valence-corrected chi connectivity index (χ0v) is 22.8. The van der Waals surface area contributed by atoms with Crippen molar-refractivity contribution in [1.82, 2.24) is 5.32 Å². The molecule has 0 aromatic heterocycles. The monoisotopic (exact) mass is 548 g/mol. The van der Waals surface area contributed by atoms with E-state index in [1.807, 2.05) is 0 Å². The first-order valence-corrected chi connectivity index (χ1v) is 13.3. The molecule has 3 aromatic rings. The summed E-state index contributed by atoms with van der Waals surface area (Å²) in [6.45, 7) is 0.129. The number of amides is 1. The van der Waals surface area contributed by atoms with Crippen molar-refractivity contribution in [2.24, 2.45) is 0 Å². The summed E-state index contributed by atoms with van der Waals surface area (Å²) >= 11 is 5.99. The van der Waals surface area contributed by atoms with Crippen LogP contribution in [0.1, 0.15) is 21.5 Å². The first kappa shape index (κ1) is 27.9. The molecule has 37 heavy (non-hydrogen) atoms. The van der Waals surface area contributed by atoms with Crippen molar-refractivity contribution in [1.29, 1.82) is 0 Å². The highest BCUT2D eigenvalue weighted by atomic mass is 35.5. The fourth-order valence-electron chi connectivity index (χ4n) is 3.66. The van der Waals surface area contributed by atoms with Crippen molar-refractivity contribution in [3.63, 3.8) is 0 Å². The first-order valence-electron chi connectivity index (χ1n) is 11.1. The van der Waals surface area contributed by atoms with Gasteiger partial charge in [-0.05, 0) is 41.5 Å². The van der Waals surface area contributed by atoms with Crippen LogP contribution in [0.3, 0.4) is 0 Å². The fourth-order valence-corrected chi connectivity index (χ4v) is 4.68. The lowest BCUT2D eigenvalue weighted by Crippen LogP contribution is -2.32. The second-order valence-electron chi connectivity index (χ2n) is 7.99. The molecule has 0 atom stereocenters. The number of nitrogens with zero attached hydrogens (tertiary/aromatic N) is 1. The SMILES string of the molecule is COc1ccc(CNC(=O)c2cc(OC)c(OC)cc2N(Cc2ccc(Cl)cc2)S(C)(=O)=O)cc1OC. The van der Waals surface area contributed by atoms with E-state index in [4.69, 9.17) is 30.5 Å². The summed E-state index contributed by atoms with van der Waals surface area (Å²) < 4.78 is 48.3. The van der Waals surface area contributed by atoms with E-state index in [9.17, 15) is 13.2 Å². The van der Waals surface area contributed by atoms with Gasteiger partial charge >= 0.3 is 0 Å². The molecule has 0 aliphatic rings. The Morgan fingerprint density at radius 2 is 1.35 bits per heavy atom. The van der Waals surface area contributed by atoms with Crippen molar-refractivity contribution in [3.8, 4) is 23.0 Å². The van der Waals surface area contributed by atoms with E-state index in [-0.39, 0.29) is 35.8 Å². The highest BCUT2D eigenvalue weighted by Gasteiger charge is 2.26. The summed E-state index contributed by atoms with van der Waals surface area (Å²) in [5, 5.41) is 3.36. The quantitative estimate of drug-likeness (QED) is 0.381. The van der Waals surface area contributed by atoms with Gasteiger partial charge in [-0.15, -0.1) is 0 Å². The molecule has 9 nitrogen and oxygen atoms in total. The van der Waals surface area contributed by atoms with E-state index in [2.05, 4.69) is 5.32 Å². The molecule has 198 valence electrons. The van der Waals surface area contributed by atoms with E-state index >= 15 is 0 Å². The lowest BCUT2D eigenvalue weighted by molar-refractivity contribution is 0.0951. The highest BCUT2D eigenvalue weighted by molar-refractivity contribution is 7.92. The van der Waals surface area contributed by atoms with Gasteiger partial charge < -0.3 is 24.3 Å². The largest absolute Gasteiger partial charge is 0.493 e. The molecule has 0 bridgehead atoms. The number of carbonyl (C=O) groups excluding carboxylic acids is 1. The topological polar surface area (TPSA) is 103 Å². The smallest absolute Gasteiger partial charge is 0.253 e. The summed E-state index contributed by atoms with van der Waals surface area (Å²) in [4.78, 5) is 13.4. The minimum atomic E-state index is -3.82. The summed E-state index contributed by atoms with van der Waals surface area (Å²) in [5.74, 6) is 1.13. The summed E-state index contributed by atoms with van der Waals surface area (Å²) in [6.07, 6.45) is 1.07. The number of methoxy groups -OCH3 is 4. The molecule has 3 rings (SSSR count). The average molecular weight is 549 g/mol. The lowest BCUT2D eigenvalue weighted by atomic mass is 10.1. The molecule has 0 saturated carbocycles. The van der Waals surface area contributed by atoms with Crippen LogP contribution < -0.4 is 28.6 Å². The van der Waals surface area contributed by atoms with Crippen LogP contribution in [0.2, 0.25) is 5.02 Å². The molecule has 0 spiro atoms. The Morgan fingerprint density at radius 3 is 1.92 bits per heavy atom. The zero-order chi connectivity index (χ0) is 27.2. The molecular formula is C26H29ClN2O7S. The minimum Gasteiger partial charge on any atom is -0.493 e. The predicted octanol–water partition coefficient (Wildman–Crippen LogP) is 4.27. The predicted molar refractivity (Wildman–Crippen MR) is 143 cm³/mol. The summed E-state index contributed by atoms with van der Waals surface area (Å²) in [6, 6.07) is 15.0. The zero-order valence-electron chi connectivity index (χ0n) is 21.2. The third-order valence-electron chi connectivity index (χ3n) is 5.56. The maximum absolute atomic E-state index is 13.4. The molecule has 11 heteroatoms. The van der Waals surface area contributed by atoms with Crippen molar-refractivity contribution < 1.29 is 32.2 Å². The van der Waals surface area contributed by atoms with Crippen LogP contribution in [0.25, 0.3) is 0 Å². The fraction of sp³-hybridized carbons (Fsp3) is 0.269. The van der Waals surface area contributed by atoms with Gasteiger partial charge in [0.25, 0.3) is 5.91 Å². The number of nitrogens with one attached hydrogen (secondary N) is 1. The Bertz CT molecular complexity index is 1360. The van der Waals surface area contributed by atoms with E-state index in [1.165, 1.54) is 40.6 Å². The summed E-state index contributed by atoms with van der Waals surface area (Å²) in [5.41, 5.74) is 1.67. The Balaban J connectivity index is 2.02. The molecule has 1 N–H and O–H groups in total. The number of rotatable bonds is 11. The second kappa shape index (κ2) is 12.1. The van der Waals surface area contributed by atoms with Crippen LogP contribution in [-0.4, -0.2) is 49.0 Å². The van der Waals surface area contributed by atoms with Crippen molar-refractivity contribution >= 4 is 33.2 Å². The molecule has 0 aliphatic carbocycles. The van der Waals surface area contributed by atoms with E-state index in [1.54, 1.807) is 42.5 Å². The third kappa shape index (κ3) is 6.78. The van der Waals surface area contributed by atoms with Crippen molar-refractivity contribution in [2.75, 3.05) is 39.0 Å². The van der Waals surface area contributed by atoms with E-state index in [0.29, 0.717) is 22.1 Å². The average Bonchev–Trinajstić information content (AvgIpc) is 2.89. The van der Waals surface area contributed by atoms with Gasteiger partial charge in [-0.2, -0.15) is 0 Å². The van der Waals surface area contributed by atoms with E-state index < -0.39 is 15.9 Å². The highest BCUT2D eigenvalue weighted by Crippen LogP contribution is 2.37. The van der Waals surface area contributed by atoms with Crippen LogP contribution in [0.5, 0.6) is 23.0 Å². The second-order valence-corrected chi connectivity index (χ2v) is 10.3. The molecule has 0 fully saturated rings. The molecule has 1 amide bonds. The molecular weight excluding hydrogens is 520 g/mol. The maximum atomic E-state index is 13.4. The number of benzene rings is 3. The standard InChI is InChI=1S/C26H29ClN2O7S/c1-33-22-11-8-18(12-23(22)34-2)15-28-26(30)20-13-24(35-3)25(36-4)14-21(20)29(37(5,31)32)16-17-6-9-19(27)10-7-17/h6-14H,15-16H2,1-5H3,(H,28,30). The maximum Gasteiger partial charge on any atom is 0.253 e. The van der Waals surface area contributed by atoms with Gasteiger partial charge in [0.1, 0.15) is 0 Å². The van der Waals surface area contributed by atoms with Gasteiger partial charge in [0.05, 0.1) is 52.5 Å². The van der Waals surface area contributed by atoms with Gasteiger partial charge in [-0.3, -0.25) is 9.10 Å². The van der Waals surface area contributed by atoms with Crippen LogP contribution in [0, 0.1) is 0 Å². The van der Waals surface area contributed by atoms with Crippen molar-refractivity contribution in [2.45, 2.75) is 13.1 Å². The van der Waals surface area contributed by atoms with Crippen LogP contribution >= 0.6 is 11.6 Å². The Labute approximate surface area is 221 Å². The van der Waals surface area contributed by atoms with E-state index in [0.717, 1.165) is 16.1 Å². The minimum absolute atomic E-state index is 0.0263. The molecule has 0 saturated heterocycles. The van der Waals surface area contributed by atoms with Gasteiger partial charge in [0.2, 0.25) is 10.0 Å². The third-order valence-corrected chi connectivity index (χ3v) is 6.93. The Morgan fingerprint density at radius 1 is 0.811 bits per heavy atom. The van der Waals surface area contributed by atoms with Gasteiger partial charge in [0.15, 0.2) is 23.0 Å². The Kier molecular flexibility index (Phi) is 9.12. The number of hydrogen-bond donors (Lipinski definition) is 1. The molecule has 3 aromatic carbocycles.